The van der Waals surface area contributed by atoms with Gasteiger partial charge >= 0.3 is 0 Å². The molecular formula is C13H19N5S. The van der Waals surface area contributed by atoms with Crippen LogP contribution in [0.2, 0.25) is 0 Å². The Labute approximate surface area is 116 Å². The summed E-state index contributed by atoms with van der Waals surface area (Å²) in [6, 6.07) is 0.876. The molecule has 2 aromatic heterocycles. The van der Waals surface area contributed by atoms with Gasteiger partial charge in [-0.2, -0.15) is 0 Å². The molecule has 2 aromatic rings. The molecule has 2 fully saturated rings. The van der Waals surface area contributed by atoms with Gasteiger partial charge in [-0.1, -0.05) is 0 Å². The molecule has 0 spiro atoms. The van der Waals surface area contributed by atoms with Gasteiger partial charge in [0.25, 0.3) is 0 Å². The van der Waals surface area contributed by atoms with E-state index in [0.29, 0.717) is 6.54 Å². The van der Waals surface area contributed by atoms with Crippen LogP contribution >= 0.6 is 11.3 Å². The van der Waals surface area contributed by atoms with Crippen LogP contribution in [0.15, 0.2) is 11.6 Å². The van der Waals surface area contributed by atoms with Gasteiger partial charge in [-0.25, -0.2) is 4.98 Å². The number of anilines is 1. The maximum Gasteiger partial charge on any atom is 0.195 e. The maximum absolute atomic E-state index is 5.92. The van der Waals surface area contributed by atoms with E-state index in [9.17, 15) is 0 Å². The molecule has 5 nitrogen and oxygen atoms in total. The Morgan fingerprint density at radius 3 is 2.74 bits per heavy atom. The molecule has 0 bridgehead atoms. The third-order valence-electron chi connectivity index (χ3n) is 4.21. The number of piperazine rings is 1. The zero-order chi connectivity index (χ0) is 12.8. The lowest BCUT2D eigenvalue weighted by Crippen LogP contribution is -2.47. The van der Waals surface area contributed by atoms with E-state index in [1.54, 1.807) is 11.3 Å². The van der Waals surface area contributed by atoms with E-state index in [0.717, 1.165) is 35.6 Å². The van der Waals surface area contributed by atoms with Crippen LogP contribution in [0.5, 0.6) is 0 Å². The first-order chi connectivity index (χ1) is 9.36. The summed E-state index contributed by atoms with van der Waals surface area (Å²) in [4.78, 5) is 10.8. The first-order valence-corrected chi connectivity index (χ1v) is 7.88. The Bertz CT molecular complexity index is 577. The molecule has 2 aliphatic rings. The summed E-state index contributed by atoms with van der Waals surface area (Å²) in [5.74, 6) is 1.10. The van der Waals surface area contributed by atoms with Gasteiger partial charge in [0.2, 0.25) is 0 Å². The molecular weight excluding hydrogens is 258 g/mol. The van der Waals surface area contributed by atoms with Crippen LogP contribution in [0.4, 0.5) is 5.82 Å². The van der Waals surface area contributed by atoms with Crippen LogP contribution in [0.3, 0.4) is 0 Å². The fourth-order valence-corrected chi connectivity index (χ4v) is 3.73. The number of hydrogen-bond acceptors (Lipinski definition) is 5. The molecule has 2 N–H and O–H groups in total. The minimum absolute atomic E-state index is 0.552. The Morgan fingerprint density at radius 2 is 2.05 bits per heavy atom. The average Bonchev–Trinajstić information content (AvgIpc) is 3.09. The van der Waals surface area contributed by atoms with E-state index in [1.165, 1.54) is 25.9 Å². The Balaban J connectivity index is 1.58. The van der Waals surface area contributed by atoms with Crippen LogP contribution in [-0.2, 0) is 6.54 Å². The van der Waals surface area contributed by atoms with Crippen molar-refractivity contribution in [2.24, 2.45) is 5.73 Å². The Hall–Kier alpha value is -1.11. The lowest BCUT2D eigenvalue weighted by Gasteiger charge is -2.35. The molecule has 6 heteroatoms. The van der Waals surface area contributed by atoms with Gasteiger partial charge < -0.3 is 10.6 Å². The van der Waals surface area contributed by atoms with Crippen LogP contribution in [0, 0.1) is 0 Å². The van der Waals surface area contributed by atoms with Gasteiger partial charge in [0.15, 0.2) is 10.8 Å². The smallest absolute Gasteiger partial charge is 0.195 e. The lowest BCUT2D eigenvalue weighted by molar-refractivity contribution is 0.247. The standard InChI is InChI=1S/C13H19N5S/c14-9-11-12(15-13-18(11)7-8-19-13)17-5-3-16(4-6-17)10-1-2-10/h7-8,10H,1-6,9,14H2. The first-order valence-electron chi connectivity index (χ1n) is 7.00. The van der Waals surface area contributed by atoms with Gasteiger partial charge in [-0.3, -0.25) is 9.30 Å². The highest BCUT2D eigenvalue weighted by Gasteiger charge is 2.32. The summed E-state index contributed by atoms with van der Waals surface area (Å²) in [6.45, 7) is 5.04. The van der Waals surface area contributed by atoms with Gasteiger partial charge in [0.1, 0.15) is 0 Å². The van der Waals surface area contributed by atoms with E-state index in [4.69, 9.17) is 10.7 Å². The lowest BCUT2D eigenvalue weighted by atomic mass is 10.3. The van der Waals surface area contributed by atoms with Crippen molar-refractivity contribution in [3.63, 3.8) is 0 Å². The largest absolute Gasteiger partial charge is 0.352 e. The molecule has 0 radical (unpaired) electrons. The second kappa shape index (κ2) is 4.47. The van der Waals surface area contributed by atoms with Crippen molar-refractivity contribution in [1.82, 2.24) is 14.3 Å². The van der Waals surface area contributed by atoms with Crippen LogP contribution in [0.25, 0.3) is 4.96 Å². The SMILES string of the molecule is NCc1c(N2CCN(C3CC3)CC2)nc2sccn12. The van der Waals surface area contributed by atoms with E-state index < -0.39 is 0 Å². The van der Waals surface area contributed by atoms with Crippen molar-refractivity contribution in [2.75, 3.05) is 31.1 Å². The second-order valence-electron chi connectivity index (χ2n) is 5.40. The second-order valence-corrected chi connectivity index (χ2v) is 6.27. The molecule has 1 saturated carbocycles. The summed E-state index contributed by atoms with van der Waals surface area (Å²) in [5, 5.41) is 2.07. The summed E-state index contributed by atoms with van der Waals surface area (Å²) in [7, 11) is 0. The number of aromatic nitrogens is 2. The Kier molecular flexibility index (Phi) is 2.75. The minimum Gasteiger partial charge on any atom is -0.352 e. The maximum atomic E-state index is 5.92. The van der Waals surface area contributed by atoms with Crippen molar-refractivity contribution < 1.29 is 0 Å². The third kappa shape index (κ3) is 1.94. The van der Waals surface area contributed by atoms with Gasteiger partial charge in [-0.15, -0.1) is 11.3 Å². The molecule has 4 rings (SSSR count). The Morgan fingerprint density at radius 1 is 1.26 bits per heavy atom. The molecule has 0 aromatic carbocycles. The van der Waals surface area contributed by atoms with E-state index in [1.807, 2.05) is 0 Å². The fourth-order valence-electron chi connectivity index (χ4n) is 3.00. The minimum atomic E-state index is 0.552. The number of imidazole rings is 1. The van der Waals surface area contributed by atoms with Gasteiger partial charge in [-0.05, 0) is 12.8 Å². The van der Waals surface area contributed by atoms with E-state index in [2.05, 4.69) is 25.8 Å². The molecule has 0 atom stereocenters. The molecule has 1 aliphatic heterocycles. The number of hydrogen-bond donors (Lipinski definition) is 1. The molecule has 0 unspecified atom stereocenters. The zero-order valence-corrected chi connectivity index (χ0v) is 11.8. The number of fused-ring (bicyclic) bond motifs is 1. The van der Waals surface area contributed by atoms with E-state index >= 15 is 0 Å². The number of thiazole rings is 1. The predicted octanol–water partition coefficient (Wildman–Crippen LogP) is 1.14. The molecule has 1 saturated heterocycles. The van der Waals surface area contributed by atoms with E-state index in [-0.39, 0.29) is 0 Å². The summed E-state index contributed by atoms with van der Waals surface area (Å²) in [5.41, 5.74) is 7.07. The third-order valence-corrected chi connectivity index (χ3v) is 4.97. The quantitative estimate of drug-likeness (QED) is 0.914. The molecule has 0 amide bonds. The highest BCUT2D eigenvalue weighted by Crippen LogP contribution is 2.30. The monoisotopic (exact) mass is 277 g/mol. The summed E-state index contributed by atoms with van der Waals surface area (Å²) in [6.07, 6.45) is 4.86. The fraction of sp³-hybridized carbons (Fsp3) is 0.615. The average molecular weight is 277 g/mol. The van der Waals surface area contributed by atoms with Crippen molar-refractivity contribution in [3.05, 3.63) is 17.3 Å². The number of rotatable bonds is 3. The zero-order valence-electron chi connectivity index (χ0n) is 11.0. The summed E-state index contributed by atoms with van der Waals surface area (Å²) < 4.78 is 2.13. The van der Waals surface area contributed by atoms with Crippen LogP contribution in [-0.4, -0.2) is 46.5 Å². The van der Waals surface area contributed by atoms with Crippen molar-refractivity contribution >= 4 is 22.1 Å². The molecule has 102 valence electrons. The van der Waals surface area contributed by atoms with Crippen molar-refractivity contribution in [3.8, 4) is 0 Å². The predicted molar refractivity (Wildman–Crippen MR) is 77.8 cm³/mol. The van der Waals surface area contributed by atoms with Crippen molar-refractivity contribution in [2.45, 2.75) is 25.4 Å². The van der Waals surface area contributed by atoms with Crippen molar-refractivity contribution in [1.29, 1.82) is 0 Å². The molecule has 19 heavy (non-hydrogen) atoms. The van der Waals surface area contributed by atoms with Crippen LogP contribution < -0.4 is 10.6 Å². The topological polar surface area (TPSA) is 49.8 Å². The highest BCUT2D eigenvalue weighted by atomic mass is 32.1. The molecule has 3 heterocycles. The van der Waals surface area contributed by atoms with Gasteiger partial charge in [0.05, 0.1) is 5.69 Å². The number of nitrogens with two attached hydrogens (primary N) is 1. The molecule has 1 aliphatic carbocycles. The first kappa shape index (κ1) is 11.7. The highest BCUT2D eigenvalue weighted by molar-refractivity contribution is 7.15. The van der Waals surface area contributed by atoms with Crippen LogP contribution in [0.1, 0.15) is 18.5 Å². The normalized spacial score (nSPS) is 21.4. The summed E-state index contributed by atoms with van der Waals surface area (Å²) >= 11 is 1.68. The van der Waals surface area contributed by atoms with Gasteiger partial charge in [0, 0.05) is 50.3 Å². The number of nitrogens with zero attached hydrogens (tertiary/aromatic N) is 4.